The third kappa shape index (κ3) is 30.6. The lowest BCUT2D eigenvalue weighted by molar-refractivity contribution is -0.302. The molecule has 0 aromatic heterocycles. The van der Waals surface area contributed by atoms with Gasteiger partial charge in [-0.25, -0.2) is 0 Å². The molecule has 60 heavy (non-hydrogen) atoms. The number of ether oxygens (including phenoxy) is 2. The van der Waals surface area contributed by atoms with Gasteiger partial charge in [-0.2, -0.15) is 0 Å². The molecular formula is C51H89NO8. The molecule has 0 radical (unpaired) electrons. The minimum atomic E-state index is -1.55. The number of allylic oxidation sites excluding steroid dienone is 12. The van der Waals surface area contributed by atoms with Crippen LogP contribution in [-0.4, -0.2) is 87.5 Å². The Kier molecular flexibility index (Phi) is 37.7. The molecule has 7 atom stereocenters. The van der Waals surface area contributed by atoms with Crippen LogP contribution >= 0.6 is 0 Å². The molecule has 346 valence electrons. The van der Waals surface area contributed by atoms with Gasteiger partial charge in [0.15, 0.2) is 6.29 Å². The molecule has 1 fully saturated rings. The fraction of sp³-hybridized carbons (Fsp3) is 0.745. The standard InChI is InChI=1S/C51H89NO8/c1-3-5-7-9-11-12-13-14-15-16-17-18-19-20-21-22-23-24-25-26-27-28-29-30-31-32-33-34-35-37-39-41-47(55)52-44(45(54)40-38-36-10-8-6-4-2)43-59-51-50(58)49(57)48(56)46(42-53)60-51/h5,7,11-12,14-15,17-18,20-21,23-24,44-46,48-51,53-54,56-58H,3-4,6,8-10,13,16,19,22,25-43H2,1-2H3,(H,52,55)/b7-5-,12-11-,15-14-,18-17-,21-20-,24-23-. The Labute approximate surface area is 366 Å². The van der Waals surface area contributed by atoms with Crippen molar-refractivity contribution in [3.05, 3.63) is 72.9 Å². The lowest BCUT2D eigenvalue weighted by atomic mass is 9.99. The normalized spacial score (nSPS) is 21.2. The molecule has 7 unspecified atom stereocenters. The molecular weight excluding hydrogens is 755 g/mol. The summed E-state index contributed by atoms with van der Waals surface area (Å²) < 4.78 is 11.2. The molecule has 1 saturated heterocycles. The molecule has 6 N–H and O–H groups in total. The van der Waals surface area contributed by atoms with Gasteiger partial charge < -0.3 is 40.3 Å². The van der Waals surface area contributed by atoms with Crippen molar-refractivity contribution in [3.63, 3.8) is 0 Å². The van der Waals surface area contributed by atoms with Gasteiger partial charge in [-0.1, -0.05) is 189 Å². The molecule has 0 aromatic carbocycles. The van der Waals surface area contributed by atoms with Crippen LogP contribution in [0.1, 0.15) is 187 Å². The molecule has 1 aliphatic heterocycles. The molecule has 9 heteroatoms. The van der Waals surface area contributed by atoms with Crippen LogP contribution in [0.5, 0.6) is 0 Å². The highest BCUT2D eigenvalue weighted by atomic mass is 16.7. The van der Waals surface area contributed by atoms with Gasteiger partial charge in [0, 0.05) is 6.42 Å². The molecule has 1 aliphatic rings. The molecule has 9 nitrogen and oxygen atoms in total. The predicted molar refractivity (Wildman–Crippen MR) is 249 cm³/mol. The Bertz CT molecular complexity index is 1160. The van der Waals surface area contributed by atoms with Gasteiger partial charge in [0.1, 0.15) is 24.4 Å². The van der Waals surface area contributed by atoms with Crippen molar-refractivity contribution < 1.29 is 39.8 Å². The van der Waals surface area contributed by atoms with E-state index in [1.54, 1.807) is 0 Å². The summed E-state index contributed by atoms with van der Waals surface area (Å²) in [7, 11) is 0. The fourth-order valence-corrected chi connectivity index (χ4v) is 7.22. The van der Waals surface area contributed by atoms with E-state index in [-0.39, 0.29) is 12.5 Å². The lowest BCUT2D eigenvalue weighted by Crippen LogP contribution is -2.60. The van der Waals surface area contributed by atoms with Crippen molar-refractivity contribution in [2.45, 2.75) is 230 Å². The molecule has 0 aliphatic carbocycles. The van der Waals surface area contributed by atoms with Gasteiger partial charge in [-0.15, -0.1) is 0 Å². The number of aliphatic hydroxyl groups is 5. The van der Waals surface area contributed by atoms with Crippen molar-refractivity contribution in [1.82, 2.24) is 5.32 Å². The number of carbonyl (C=O) groups is 1. The second-order valence-corrected chi connectivity index (χ2v) is 16.5. The summed E-state index contributed by atoms with van der Waals surface area (Å²) in [4.78, 5) is 12.9. The lowest BCUT2D eigenvalue weighted by Gasteiger charge is -2.40. The minimum absolute atomic E-state index is 0.143. The summed E-state index contributed by atoms with van der Waals surface area (Å²) in [6, 6.07) is -0.719. The quantitative estimate of drug-likeness (QED) is 0.0265. The molecule has 0 bridgehead atoms. The number of nitrogens with one attached hydrogen (secondary N) is 1. The van der Waals surface area contributed by atoms with Crippen molar-refractivity contribution in [2.24, 2.45) is 0 Å². The van der Waals surface area contributed by atoms with E-state index in [9.17, 15) is 30.3 Å². The number of hydrogen-bond donors (Lipinski definition) is 6. The Hall–Kier alpha value is -2.37. The number of hydrogen-bond acceptors (Lipinski definition) is 8. The molecule has 1 amide bonds. The summed E-state index contributed by atoms with van der Waals surface area (Å²) in [6.45, 7) is 3.63. The van der Waals surface area contributed by atoms with Crippen LogP contribution in [-0.2, 0) is 14.3 Å². The molecule has 0 saturated carbocycles. The maximum Gasteiger partial charge on any atom is 0.220 e. The fourth-order valence-electron chi connectivity index (χ4n) is 7.22. The zero-order valence-electron chi connectivity index (χ0n) is 37.9. The van der Waals surface area contributed by atoms with Gasteiger partial charge in [0.2, 0.25) is 5.91 Å². The number of aliphatic hydroxyl groups excluding tert-OH is 5. The number of carbonyl (C=O) groups excluding carboxylic acids is 1. The zero-order chi connectivity index (χ0) is 43.7. The van der Waals surface area contributed by atoms with Crippen LogP contribution in [0, 0.1) is 0 Å². The SMILES string of the molecule is CC/C=C\C/C=C\C/C=C\C/C=C\C/C=C\C/C=C\CCCCCCCCCCCCCCC(=O)NC(COC1OC(CO)C(O)C(O)C1O)C(O)CCCCCCCC. The van der Waals surface area contributed by atoms with Crippen LogP contribution in [0.3, 0.4) is 0 Å². The second kappa shape index (κ2) is 40.7. The number of rotatable bonds is 39. The highest BCUT2D eigenvalue weighted by Gasteiger charge is 2.44. The van der Waals surface area contributed by atoms with Crippen molar-refractivity contribution >= 4 is 5.91 Å². The zero-order valence-corrected chi connectivity index (χ0v) is 37.9. The van der Waals surface area contributed by atoms with Crippen molar-refractivity contribution in [2.75, 3.05) is 13.2 Å². The Morgan fingerprint density at radius 3 is 1.53 bits per heavy atom. The van der Waals surface area contributed by atoms with Gasteiger partial charge in [0.25, 0.3) is 0 Å². The van der Waals surface area contributed by atoms with Crippen molar-refractivity contribution in [1.29, 1.82) is 0 Å². The second-order valence-electron chi connectivity index (χ2n) is 16.5. The van der Waals surface area contributed by atoms with Crippen molar-refractivity contribution in [3.8, 4) is 0 Å². The first kappa shape index (κ1) is 55.6. The Morgan fingerprint density at radius 1 is 0.583 bits per heavy atom. The molecule has 0 spiro atoms. The molecule has 1 heterocycles. The van der Waals surface area contributed by atoms with Crippen LogP contribution in [0.25, 0.3) is 0 Å². The summed E-state index contributed by atoms with van der Waals surface area (Å²) in [5.41, 5.74) is 0. The van der Waals surface area contributed by atoms with E-state index in [4.69, 9.17) is 9.47 Å². The first-order valence-corrected chi connectivity index (χ1v) is 24.1. The summed E-state index contributed by atoms with van der Waals surface area (Å²) in [6.07, 6.45) is 48.2. The van der Waals surface area contributed by atoms with E-state index in [1.807, 2.05) is 0 Å². The Balaban J connectivity index is 2.10. The summed E-state index contributed by atoms with van der Waals surface area (Å²) in [5.74, 6) is -0.156. The number of unbranched alkanes of at least 4 members (excludes halogenated alkanes) is 17. The molecule has 0 aromatic rings. The molecule has 1 rings (SSSR count). The summed E-state index contributed by atoms with van der Waals surface area (Å²) >= 11 is 0. The first-order valence-electron chi connectivity index (χ1n) is 24.1. The van der Waals surface area contributed by atoms with Gasteiger partial charge in [-0.05, 0) is 64.2 Å². The topological polar surface area (TPSA) is 149 Å². The third-order valence-corrected chi connectivity index (χ3v) is 11.1. The Morgan fingerprint density at radius 2 is 1.03 bits per heavy atom. The van der Waals surface area contributed by atoms with Crippen LogP contribution < -0.4 is 5.32 Å². The maximum absolute atomic E-state index is 12.9. The third-order valence-electron chi connectivity index (χ3n) is 11.1. The maximum atomic E-state index is 12.9. The highest BCUT2D eigenvalue weighted by molar-refractivity contribution is 5.76. The van der Waals surface area contributed by atoms with E-state index in [0.29, 0.717) is 12.8 Å². The van der Waals surface area contributed by atoms with Gasteiger partial charge in [-0.3, -0.25) is 4.79 Å². The number of amides is 1. The van der Waals surface area contributed by atoms with Crippen LogP contribution in [0.4, 0.5) is 0 Å². The largest absolute Gasteiger partial charge is 0.394 e. The smallest absolute Gasteiger partial charge is 0.220 e. The summed E-state index contributed by atoms with van der Waals surface area (Å²) in [5, 5.41) is 54.0. The monoisotopic (exact) mass is 844 g/mol. The predicted octanol–water partition coefficient (Wildman–Crippen LogP) is 10.6. The van der Waals surface area contributed by atoms with E-state index in [0.717, 1.165) is 77.0 Å². The van der Waals surface area contributed by atoms with Gasteiger partial charge in [0.05, 0.1) is 25.4 Å². The minimum Gasteiger partial charge on any atom is -0.394 e. The van der Waals surface area contributed by atoms with E-state index in [2.05, 4.69) is 92.1 Å². The highest BCUT2D eigenvalue weighted by Crippen LogP contribution is 2.23. The van der Waals surface area contributed by atoms with Gasteiger partial charge >= 0.3 is 0 Å². The van der Waals surface area contributed by atoms with E-state index in [1.165, 1.54) is 83.5 Å². The first-order chi connectivity index (χ1) is 29.3. The van der Waals surface area contributed by atoms with E-state index >= 15 is 0 Å². The average molecular weight is 844 g/mol. The average Bonchev–Trinajstić information content (AvgIpc) is 3.25. The van der Waals surface area contributed by atoms with Crippen LogP contribution in [0.15, 0.2) is 72.9 Å². The van der Waals surface area contributed by atoms with Crippen LogP contribution in [0.2, 0.25) is 0 Å². The van der Waals surface area contributed by atoms with E-state index < -0.39 is 49.5 Å².